The first-order valence-corrected chi connectivity index (χ1v) is 11.6. The van der Waals surface area contributed by atoms with Crippen molar-refractivity contribution in [2.24, 2.45) is 22.9 Å². The molecular formula is C23H31B2N3O7. The maximum atomic E-state index is 12.7. The van der Waals surface area contributed by atoms with Gasteiger partial charge in [-0.1, -0.05) is 56.2 Å². The molecule has 3 heterocycles. The molecule has 35 heavy (non-hydrogen) atoms. The van der Waals surface area contributed by atoms with Crippen molar-refractivity contribution in [1.29, 1.82) is 0 Å². The van der Waals surface area contributed by atoms with E-state index in [9.17, 15) is 9.90 Å². The summed E-state index contributed by atoms with van der Waals surface area (Å²) in [5, 5.41) is 14.5. The lowest BCUT2D eigenvalue weighted by molar-refractivity contribution is -0.298. The number of aliphatic hydroxyl groups is 1. The highest BCUT2D eigenvalue weighted by Crippen LogP contribution is 2.39. The second-order valence-electron chi connectivity index (χ2n) is 8.95. The summed E-state index contributed by atoms with van der Waals surface area (Å²) in [6, 6.07) is 8.77. The predicted molar refractivity (Wildman–Crippen MR) is 127 cm³/mol. The number of fused-ring (bicyclic) bond motifs is 2. The molecule has 0 aromatic heterocycles. The third kappa shape index (κ3) is 6.39. The van der Waals surface area contributed by atoms with Gasteiger partial charge in [0.05, 0.1) is 40.5 Å². The summed E-state index contributed by atoms with van der Waals surface area (Å²) in [6.07, 6.45) is -5.26. The van der Waals surface area contributed by atoms with Crippen molar-refractivity contribution in [3.8, 4) is 0 Å². The molecule has 10 atom stereocenters. The van der Waals surface area contributed by atoms with Gasteiger partial charge < -0.3 is 28.8 Å². The Kier molecular flexibility index (Phi) is 9.48. The average Bonchev–Trinajstić information content (AvgIpc) is 3.29. The number of hydrogen-bond acceptors (Lipinski definition) is 8. The van der Waals surface area contributed by atoms with Gasteiger partial charge in [0.1, 0.15) is 12.7 Å². The van der Waals surface area contributed by atoms with Gasteiger partial charge in [-0.15, -0.1) is 6.20 Å². The maximum Gasteiger partial charge on any atom is 0.338 e. The molecule has 186 valence electrons. The van der Waals surface area contributed by atoms with Crippen LogP contribution in [0, 0.1) is 17.8 Å². The fraction of sp³-hybridized carbons (Fsp3) is 0.696. The number of benzene rings is 1. The minimum Gasteiger partial charge on any atom is -0.459 e. The first kappa shape index (κ1) is 26.0. The quantitative estimate of drug-likeness (QED) is 0.215. The van der Waals surface area contributed by atoms with Gasteiger partial charge >= 0.3 is 5.97 Å². The van der Waals surface area contributed by atoms with E-state index in [1.54, 1.807) is 0 Å². The van der Waals surface area contributed by atoms with Crippen LogP contribution in [0.3, 0.4) is 0 Å². The zero-order valence-electron chi connectivity index (χ0n) is 21.0. The van der Waals surface area contributed by atoms with Crippen LogP contribution in [0.1, 0.15) is 27.7 Å². The van der Waals surface area contributed by atoms with Crippen LogP contribution in [0.5, 0.6) is 0 Å². The lowest BCUT2D eigenvalue weighted by Crippen LogP contribution is -2.57. The number of nitrogens with zero attached hydrogens (tertiary/aromatic N) is 3. The van der Waals surface area contributed by atoms with Crippen molar-refractivity contribution >= 4 is 21.7 Å². The van der Waals surface area contributed by atoms with Crippen molar-refractivity contribution in [3.05, 3.63) is 46.3 Å². The molecule has 3 saturated heterocycles. The van der Waals surface area contributed by atoms with Gasteiger partial charge in [0, 0.05) is 12.2 Å². The van der Waals surface area contributed by atoms with E-state index in [0.29, 0.717) is 6.61 Å². The molecule has 0 amide bonds. The fourth-order valence-corrected chi connectivity index (χ4v) is 4.50. The summed E-state index contributed by atoms with van der Waals surface area (Å²) < 4.78 is 35.2. The number of rotatable bonds is 6. The highest BCUT2D eigenvalue weighted by atomic mass is 16.8. The molecule has 3 fully saturated rings. The minimum atomic E-state index is -1.17. The standard InChI is InChI=1S/C22H29N3O7.CH2B2/c1-11-12(2)21(31-18-13(3)16(24-25-23)22-29-10-15(18)30-22)32-19(17(11)26)20(27)28-9-14-7-5-4-6-8-14;2-1-3/h4-8,11-13,15-19,21-22,26H,9-10H2,1-3H3;1H2/t11-,12?,13-,15?,16?,17+,18+,19-,21-,22-;/m1./s1/i;1D. The van der Waals surface area contributed by atoms with Crippen LogP contribution in [-0.2, 0) is 35.1 Å². The Bertz CT molecular complexity index is 908. The molecule has 1 aromatic carbocycles. The van der Waals surface area contributed by atoms with Gasteiger partial charge in [-0.2, -0.15) is 0 Å². The molecule has 4 radical (unpaired) electrons. The van der Waals surface area contributed by atoms with Gasteiger partial charge in [-0.05, 0) is 22.9 Å². The van der Waals surface area contributed by atoms with Gasteiger partial charge in [-0.3, -0.25) is 0 Å². The van der Waals surface area contributed by atoms with E-state index in [2.05, 4.69) is 25.7 Å². The number of carbonyl (C=O) groups is 1. The molecule has 4 rings (SSSR count). The number of azide groups is 1. The summed E-state index contributed by atoms with van der Waals surface area (Å²) in [4.78, 5) is 15.6. The zero-order valence-corrected chi connectivity index (χ0v) is 20.0. The third-order valence-electron chi connectivity index (χ3n) is 6.76. The van der Waals surface area contributed by atoms with Crippen LogP contribution in [-0.4, -0.2) is 76.4 Å². The topological polar surface area (TPSA) is 132 Å². The molecule has 0 saturated carbocycles. The van der Waals surface area contributed by atoms with E-state index < -0.39 is 49.1 Å². The summed E-state index contributed by atoms with van der Waals surface area (Å²) >= 11 is 0. The fourth-order valence-electron chi connectivity index (χ4n) is 4.50. The van der Waals surface area contributed by atoms with E-state index in [4.69, 9.17) is 30.6 Å². The van der Waals surface area contributed by atoms with Gasteiger partial charge in [0.15, 0.2) is 18.7 Å². The molecule has 0 spiro atoms. The lowest BCUT2D eigenvalue weighted by atomic mass is 9.84. The molecule has 1 aromatic rings. The molecule has 1 N–H and O–H groups in total. The number of aliphatic hydroxyl groups excluding tert-OH is 1. The molecule has 10 nitrogen and oxygen atoms in total. The minimum absolute atomic E-state index is 0.0872. The average molecular weight is 484 g/mol. The highest BCUT2D eigenvalue weighted by Gasteiger charge is 2.52. The molecule has 3 aliphatic rings. The van der Waals surface area contributed by atoms with Crippen molar-refractivity contribution in [3.63, 3.8) is 0 Å². The van der Waals surface area contributed by atoms with Crippen LogP contribution in [0.2, 0.25) is 6.20 Å². The Hall–Kier alpha value is -2.07. The van der Waals surface area contributed by atoms with Crippen LogP contribution in [0.25, 0.3) is 10.4 Å². The van der Waals surface area contributed by atoms with E-state index in [-0.39, 0.29) is 30.5 Å². The van der Waals surface area contributed by atoms with Gasteiger partial charge in [-0.25, -0.2) is 4.79 Å². The molecule has 2 bridgehead atoms. The maximum absolute atomic E-state index is 12.7. The second kappa shape index (κ2) is 12.8. The summed E-state index contributed by atoms with van der Waals surface area (Å²) in [5.41, 5.74) is 9.75. The predicted octanol–water partition coefficient (Wildman–Crippen LogP) is 2.24. The Labute approximate surface area is 209 Å². The molecule has 0 aliphatic carbocycles. The van der Waals surface area contributed by atoms with Crippen molar-refractivity contribution in [2.75, 3.05) is 6.61 Å². The van der Waals surface area contributed by atoms with Crippen molar-refractivity contribution in [2.45, 2.75) is 76.6 Å². The third-order valence-corrected chi connectivity index (χ3v) is 6.76. The Morgan fingerprint density at radius 3 is 2.57 bits per heavy atom. The molecule has 3 unspecified atom stereocenters. The van der Waals surface area contributed by atoms with E-state index in [0.717, 1.165) is 5.56 Å². The zero-order chi connectivity index (χ0) is 26.4. The number of hydrogen-bond donors (Lipinski definition) is 1. The highest BCUT2D eigenvalue weighted by molar-refractivity contribution is 6.31. The first-order chi connectivity index (χ1) is 17.1. The Morgan fingerprint density at radius 1 is 1.23 bits per heavy atom. The van der Waals surface area contributed by atoms with E-state index in [1.807, 2.05) is 51.1 Å². The lowest BCUT2D eigenvalue weighted by Gasteiger charge is -2.45. The number of esters is 1. The second-order valence-corrected chi connectivity index (χ2v) is 8.95. The van der Waals surface area contributed by atoms with Crippen LogP contribution < -0.4 is 0 Å². The smallest absolute Gasteiger partial charge is 0.338 e. The molecule has 3 aliphatic heterocycles. The number of ether oxygens (including phenoxy) is 5. The van der Waals surface area contributed by atoms with Crippen LogP contribution in [0.15, 0.2) is 35.4 Å². The summed E-state index contributed by atoms with van der Waals surface area (Å²) in [7, 11) is 9.11. The normalized spacial score (nSPS) is 38.5. The molecular weight excluding hydrogens is 452 g/mol. The molecule has 12 heteroatoms. The van der Waals surface area contributed by atoms with Gasteiger partial charge in [0.25, 0.3) is 0 Å². The monoisotopic (exact) mass is 484 g/mol. The SMILES string of the molecule is CC1[C@H](O[C@@H]2C3CO[C@H](O3)C(N=[N+]=[N-])[C@H]2C)O[C@@H](C(=O)OCc2ccccc2)[C@@H](O)[C@@H]1C.[2H]C([B])[B]. The van der Waals surface area contributed by atoms with Crippen molar-refractivity contribution < 1.29 is 35.0 Å². The Morgan fingerprint density at radius 2 is 1.91 bits per heavy atom. The van der Waals surface area contributed by atoms with E-state index >= 15 is 0 Å². The first-order valence-electron chi connectivity index (χ1n) is 12.2. The van der Waals surface area contributed by atoms with Gasteiger partial charge in [0.2, 0.25) is 0 Å². The largest absolute Gasteiger partial charge is 0.459 e. The van der Waals surface area contributed by atoms with E-state index in [1.165, 1.54) is 0 Å². The summed E-state index contributed by atoms with van der Waals surface area (Å²) in [5.74, 6) is -1.30. The van der Waals surface area contributed by atoms with Crippen LogP contribution >= 0.6 is 0 Å². The Balaban J connectivity index is 0.000000840. The van der Waals surface area contributed by atoms with Crippen LogP contribution in [0.4, 0.5) is 0 Å². The summed E-state index contributed by atoms with van der Waals surface area (Å²) in [6.45, 7) is 6.07. The van der Waals surface area contributed by atoms with Crippen molar-refractivity contribution in [1.82, 2.24) is 0 Å². The number of carbonyl (C=O) groups excluding carboxylic acids is 1.